The molecule has 1 aromatic heterocycles. The number of nitrogens with zero attached hydrogens (tertiary/aromatic N) is 2. The van der Waals surface area contributed by atoms with E-state index in [-0.39, 0.29) is 0 Å². The smallest absolute Gasteiger partial charge is 0.0547 e. The van der Waals surface area contributed by atoms with Gasteiger partial charge in [0, 0.05) is 33.5 Å². The Kier molecular flexibility index (Phi) is 7.79. The molecule has 8 aromatic carbocycles. The van der Waals surface area contributed by atoms with Gasteiger partial charge in [0.1, 0.15) is 0 Å². The summed E-state index contributed by atoms with van der Waals surface area (Å²) in [6.07, 6.45) is 5.68. The molecule has 4 atom stereocenters. The van der Waals surface area contributed by atoms with E-state index in [2.05, 4.69) is 204 Å². The number of rotatable bonds is 7. The van der Waals surface area contributed by atoms with Gasteiger partial charge in [0.15, 0.2) is 0 Å². The molecule has 3 aliphatic carbocycles. The third-order valence-electron chi connectivity index (χ3n) is 13.8. The SMILES string of the molecule is c1ccc(-c2ccc(N(c3ccc(-c4ccc5c(c4)C4CC6CC5CC4C6)cc3)c3ccc(-c4ccc5c6ccccc6n(-c6ccccc6)c5c4)cc3)cc2)cc1. The number of fused-ring (bicyclic) bond motifs is 8. The second kappa shape index (κ2) is 13.5. The van der Waals surface area contributed by atoms with Gasteiger partial charge >= 0.3 is 0 Å². The van der Waals surface area contributed by atoms with E-state index < -0.39 is 0 Å². The second-order valence-electron chi connectivity index (χ2n) is 17.0. The van der Waals surface area contributed by atoms with Gasteiger partial charge in [0.05, 0.1) is 11.0 Å². The van der Waals surface area contributed by atoms with Gasteiger partial charge in [0.2, 0.25) is 0 Å². The lowest BCUT2D eigenvalue weighted by Gasteiger charge is -2.36. The monoisotopic (exact) mass is 744 g/mol. The fraction of sp³-hybridized carbons (Fsp3) is 0.143. The summed E-state index contributed by atoms with van der Waals surface area (Å²) >= 11 is 0. The van der Waals surface area contributed by atoms with Crippen molar-refractivity contribution in [3.63, 3.8) is 0 Å². The second-order valence-corrected chi connectivity index (χ2v) is 17.0. The Balaban J connectivity index is 0.912. The molecule has 2 saturated carbocycles. The van der Waals surface area contributed by atoms with E-state index in [4.69, 9.17) is 0 Å². The van der Waals surface area contributed by atoms with Gasteiger partial charge in [-0.15, -0.1) is 0 Å². The van der Waals surface area contributed by atoms with Crippen LogP contribution in [0, 0.1) is 11.8 Å². The van der Waals surface area contributed by atoms with Crippen molar-refractivity contribution in [1.29, 1.82) is 0 Å². The number of hydrogen-bond donors (Lipinski definition) is 0. The predicted octanol–water partition coefficient (Wildman–Crippen LogP) is 15.3. The number of aromatic nitrogens is 1. The van der Waals surface area contributed by atoms with Crippen LogP contribution in [0.4, 0.5) is 17.1 Å². The van der Waals surface area contributed by atoms with E-state index >= 15 is 0 Å². The molecule has 0 saturated heterocycles. The van der Waals surface area contributed by atoms with Crippen LogP contribution in [-0.4, -0.2) is 4.57 Å². The highest BCUT2D eigenvalue weighted by Gasteiger charge is 2.46. The number of hydrogen-bond acceptors (Lipinski definition) is 1. The first-order valence-electron chi connectivity index (χ1n) is 21.1. The van der Waals surface area contributed by atoms with Gasteiger partial charge in [0.25, 0.3) is 0 Å². The van der Waals surface area contributed by atoms with Crippen molar-refractivity contribution in [3.8, 4) is 39.1 Å². The van der Waals surface area contributed by atoms with Crippen LogP contribution in [0.15, 0.2) is 194 Å². The normalized spacial score (nSPS) is 19.1. The van der Waals surface area contributed by atoms with Crippen molar-refractivity contribution in [1.82, 2.24) is 4.57 Å². The molecule has 3 aliphatic rings. The topological polar surface area (TPSA) is 8.17 Å². The van der Waals surface area contributed by atoms with Crippen LogP contribution in [0.3, 0.4) is 0 Å². The Morgan fingerprint density at radius 3 is 1.60 bits per heavy atom. The molecule has 0 radical (unpaired) electrons. The van der Waals surface area contributed by atoms with Gasteiger partial charge in [-0.25, -0.2) is 0 Å². The molecule has 12 rings (SSSR count). The lowest BCUT2D eigenvalue weighted by atomic mass is 9.68. The summed E-state index contributed by atoms with van der Waals surface area (Å²) in [6, 6.07) is 71.8. The first kappa shape index (κ1) is 33.5. The Morgan fingerprint density at radius 1 is 0.379 bits per heavy atom. The number of para-hydroxylation sites is 2. The molecular weight excluding hydrogens is 701 g/mol. The number of benzene rings is 8. The molecule has 0 spiro atoms. The lowest BCUT2D eigenvalue weighted by molar-refractivity contribution is 0.296. The molecule has 0 N–H and O–H groups in total. The maximum Gasteiger partial charge on any atom is 0.0547 e. The third kappa shape index (κ3) is 5.54. The number of anilines is 3. The van der Waals surface area contributed by atoms with E-state index in [1.165, 1.54) is 86.6 Å². The fourth-order valence-corrected chi connectivity index (χ4v) is 11.1. The van der Waals surface area contributed by atoms with Crippen molar-refractivity contribution in [3.05, 3.63) is 205 Å². The van der Waals surface area contributed by atoms with E-state index in [0.717, 1.165) is 40.7 Å². The van der Waals surface area contributed by atoms with Crippen LogP contribution in [0.1, 0.15) is 48.6 Å². The maximum atomic E-state index is 2.55. The zero-order chi connectivity index (χ0) is 38.2. The fourth-order valence-electron chi connectivity index (χ4n) is 11.1. The molecule has 3 bridgehead atoms. The van der Waals surface area contributed by atoms with E-state index in [1.807, 2.05) is 0 Å². The van der Waals surface area contributed by atoms with Gasteiger partial charge in [-0.2, -0.15) is 0 Å². The lowest BCUT2D eigenvalue weighted by Crippen LogP contribution is -2.22. The van der Waals surface area contributed by atoms with E-state index in [0.29, 0.717) is 0 Å². The summed E-state index contributed by atoms with van der Waals surface area (Å²) in [7, 11) is 0. The summed E-state index contributed by atoms with van der Waals surface area (Å²) in [5.41, 5.74) is 17.8. The molecule has 2 fully saturated rings. The van der Waals surface area contributed by atoms with Gasteiger partial charge in [-0.1, -0.05) is 133 Å². The zero-order valence-electron chi connectivity index (χ0n) is 32.5. The minimum Gasteiger partial charge on any atom is -0.311 e. The van der Waals surface area contributed by atoms with Gasteiger partial charge in [-0.05, 0) is 155 Å². The Bertz CT molecular complexity index is 2940. The first-order chi connectivity index (χ1) is 28.7. The highest BCUT2D eigenvalue weighted by Crippen LogP contribution is 2.60. The largest absolute Gasteiger partial charge is 0.311 e. The standard InChI is InChI=1S/C56H44N2/c1-3-9-38(10-4-1)39-15-23-47(24-16-39)57(48-25-17-40(18-26-48)42-21-29-50-44-31-37-32-45(34-44)53(33-37)54(50)35-42)49-27-19-41(20-28-49)43-22-30-52-51-13-7-8-14-55(51)58(56(52)36-43)46-11-5-2-6-12-46/h1-30,35-37,44-45,53H,31-34H2. The highest BCUT2D eigenvalue weighted by molar-refractivity contribution is 6.10. The van der Waals surface area contributed by atoms with Crippen LogP contribution in [0.25, 0.3) is 60.9 Å². The van der Waals surface area contributed by atoms with Gasteiger partial charge in [-0.3, -0.25) is 0 Å². The highest BCUT2D eigenvalue weighted by atomic mass is 15.1. The summed E-state index contributed by atoms with van der Waals surface area (Å²) in [5.74, 6) is 3.41. The molecule has 278 valence electrons. The minimum atomic E-state index is 0.770. The van der Waals surface area contributed by atoms with Crippen molar-refractivity contribution in [2.45, 2.75) is 37.5 Å². The minimum absolute atomic E-state index is 0.770. The summed E-state index contributed by atoms with van der Waals surface area (Å²) in [4.78, 5) is 2.39. The van der Waals surface area contributed by atoms with Crippen molar-refractivity contribution in [2.75, 3.05) is 4.90 Å². The molecule has 2 heteroatoms. The molecule has 0 amide bonds. The van der Waals surface area contributed by atoms with Crippen molar-refractivity contribution < 1.29 is 0 Å². The zero-order valence-corrected chi connectivity index (χ0v) is 32.5. The molecule has 0 aliphatic heterocycles. The molecule has 58 heavy (non-hydrogen) atoms. The van der Waals surface area contributed by atoms with Crippen LogP contribution in [0.2, 0.25) is 0 Å². The first-order valence-corrected chi connectivity index (χ1v) is 21.1. The van der Waals surface area contributed by atoms with Crippen molar-refractivity contribution in [2.24, 2.45) is 11.8 Å². The Hall–Kier alpha value is -6.64. The summed E-state index contributed by atoms with van der Waals surface area (Å²) < 4.78 is 2.39. The van der Waals surface area contributed by atoms with E-state index in [1.54, 1.807) is 11.1 Å². The molecule has 2 nitrogen and oxygen atoms in total. The van der Waals surface area contributed by atoms with E-state index in [9.17, 15) is 0 Å². The molecule has 1 heterocycles. The molecule has 9 aromatic rings. The van der Waals surface area contributed by atoms with Crippen LogP contribution in [0.5, 0.6) is 0 Å². The summed E-state index contributed by atoms with van der Waals surface area (Å²) in [5, 5.41) is 2.54. The molecule has 4 unspecified atom stereocenters. The maximum absolute atomic E-state index is 2.55. The quantitative estimate of drug-likeness (QED) is 0.158. The predicted molar refractivity (Wildman–Crippen MR) is 243 cm³/mol. The van der Waals surface area contributed by atoms with Gasteiger partial charge < -0.3 is 9.47 Å². The Morgan fingerprint density at radius 2 is 0.914 bits per heavy atom. The van der Waals surface area contributed by atoms with Crippen molar-refractivity contribution >= 4 is 38.9 Å². The summed E-state index contributed by atoms with van der Waals surface area (Å²) in [6.45, 7) is 0. The molecular formula is C56H44N2. The average molecular weight is 745 g/mol. The van der Waals surface area contributed by atoms with Crippen LogP contribution in [-0.2, 0) is 0 Å². The Labute approximate surface area is 340 Å². The van der Waals surface area contributed by atoms with Crippen LogP contribution >= 0.6 is 0 Å². The average Bonchev–Trinajstić information content (AvgIpc) is 3.75. The third-order valence-corrected chi connectivity index (χ3v) is 13.8. The van der Waals surface area contributed by atoms with Crippen LogP contribution < -0.4 is 4.90 Å².